The van der Waals surface area contributed by atoms with Crippen molar-refractivity contribution >= 4 is 11.8 Å². The van der Waals surface area contributed by atoms with Gasteiger partial charge in [-0.15, -0.1) is 0 Å². The minimum Gasteiger partial charge on any atom is -0.449 e. The van der Waals surface area contributed by atoms with Gasteiger partial charge < -0.3 is 4.74 Å². The maximum absolute atomic E-state index is 11.1. The summed E-state index contributed by atoms with van der Waals surface area (Å²) in [6, 6.07) is 0. The van der Waals surface area contributed by atoms with Crippen LogP contribution in [0.4, 0.5) is 4.79 Å². The Labute approximate surface area is 96.4 Å². The van der Waals surface area contributed by atoms with Crippen molar-refractivity contribution in [3.05, 3.63) is 0 Å². The van der Waals surface area contributed by atoms with Crippen LogP contribution >= 0.6 is 0 Å². The zero-order valence-electron chi connectivity index (χ0n) is 10.0. The molecule has 2 bridgehead atoms. The minimum atomic E-state index is -0.454. The summed E-state index contributed by atoms with van der Waals surface area (Å²) >= 11 is 0. The first kappa shape index (κ1) is 11.4. The van der Waals surface area contributed by atoms with Gasteiger partial charge in [0.15, 0.2) is 0 Å². The van der Waals surface area contributed by atoms with E-state index in [1.54, 1.807) is 6.92 Å². The van der Waals surface area contributed by atoms with Crippen LogP contribution < -0.4 is 5.43 Å². The van der Waals surface area contributed by atoms with Gasteiger partial charge in [-0.25, -0.2) is 10.2 Å². The molecule has 3 atom stereocenters. The van der Waals surface area contributed by atoms with Crippen molar-refractivity contribution in [2.24, 2.45) is 22.9 Å². The summed E-state index contributed by atoms with van der Waals surface area (Å²) in [6.45, 7) is 4.18. The third-order valence-electron chi connectivity index (χ3n) is 3.87. The van der Waals surface area contributed by atoms with Crippen LogP contribution in [0.1, 0.15) is 39.5 Å². The Hall–Kier alpha value is -1.06. The molecule has 0 heterocycles. The Morgan fingerprint density at radius 3 is 2.81 bits per heavy atom. The molecule has 1 N–H and O–H groups in total. The zero-order valence-corrected chi connectivity index (χ0v) is 10.0. The first-order valence-corrected chi connectivity index (χ1v) is 6.17. The highest BCUT2D eigenvalue weighted by atomic mass is 16.5. The fourth-order valence-corrected chi connectivity index (χ4v) is 3.14. The molecule has 1 amide bonds. The van der Waals surface area contributed by atoms with Crippen molar-refractivity contribution in [2.75, 3.05) is 6.61 Å². The van der Waals surface area contributed by atoms with Crippen LogP contribution in [0.25, 0.3) is 0 Å². The van der Waals surface area contributed by atoms with E-state index in [-0.39, 0.29) is 0 Å². The normalized spacial score (nSPS) is 32.9. The number of ether oxygens (including phenoxy) is 1. The minimum absolute atomic E-state index is 0.383. The van der Waals surface area contributed by atoms with Gasteiger partial charge in [-0.05, 0) is 44.9 Å². The highest BCUT2D eigenvalue weighted by Crippen LogP contribution is 2.48. The zero-order chi connectivity index (χ0) is 11.5. The predicted octanol–water partition coefficient (Wildman–Crippen LogP) is 2.54. The molecule has 0 aromatic rings. The fraction of sp³-hybridized carbons (Fsp3) is 0.833. The van der Waals surface area contributed by atoms with Crippen LogP contribution in [0.15, 0.2) is 5.10 Å². The molecule has 90 valence electrons. The van der Waals surface area contributed by atoms with Gasteiger partial charge in [0.25, 0.3) is 0 Å². The first-order chi connectivity index (χ1) is 7.70. The summed E-state index contributed by atoms with van der Waals surface area (Å²) in [7, 11) is 0. The molecule has 2 rings (SSSR count). The number of nitrogens with zero attached hydrogens (tertiary/aromatic N) is 1. The van der Waals surface area contributed by atoms with Crippen molar-refractivity contribution in [3.63, 3.8) is 0 Å². The van der Waals surface area contributed by atoms with E-state index in [2.05, 4.69) is 10.5 Å². The largest absolute Gasteiger partial charge is 0.449 e. The molecule has 4 nitrogen and oxygen atoms in total. The lowest BCUT2D eigenvalue weighted by Crippen LogP contribution is -2.25. The van der Waals surface area contributed by atoms with Crippen LogP contribution in [0, 0.1) is 17.8 Å². The van der Waals surface area contributed by atoms with E-state index in [0.717, 1.165) is 17.5 Å². The molecule has 0 spiro atoms. The quantitative estimate of drug-likeness (QED) is 0.591. The number of hydrogen-bond acceptors (Lipinski definition) is 3. The third-order valence-corrected chi connectivity index (χ3v) is 3.87. The van der Waals surface area contributed by atoms with E-state index in [4.69, 9.17) is 4.74 Å². The molecule has 0 radical (unpaired) electrons. The van der Waals surface area contributed by atoms with Crippen molar-refractivity contribution in [1.82, 2.24) is 5.43 Å². The summed E-state index contributed by atoms with van der Waals surface area (Å²) in [5.74, 6) is 2.29. The second-order valence-electron chi connectivity index (χ2n) is 4.87. The average molecular weight is 224 g/mol. The number of hydrazone groups is 1. The molecular formula is C12H20N2O2. The van der Waals surface area contributed by atoms with Gasteiger partial charge in [-0.3, -0.25) is 0 Å². The smallest absolute Gasteiger partial charge is 0.427 e. The van der Waals surface area contributed by atoms with Crippen LogP contribution in [-0.2, 0) is 4.74 Å². The molecule has 0 aromatic carbocycles. The van der Waals surface area contributed by atoms with Gasteiger partial charge in [-0.2, -0.15) is 5.10 Å². The van der Waals surface area contributed by atoms with Gasteiger partial charge in [0, 0.05) is 11.6 Å². The molecule has 2 saturated carbocycles. The maximum atomic E-state index is 11.1. The number of rotatable bonds is 3. The number of fused-ring (bicyclic) bond motifs is 2. The van der Waals surface area contributed by atoms with Crippen LogP contribution in [-0.4, -0.2) is 18.4 Å². The Kier molecular flexibility index (Phi) is 3.46. The maximum Gasteiger partial charge on any atom is 0.427 e. The molecule has 0 aromatic heterocycles. The number of carbonyl (C=O) groups is 1. The molecule has 2 aliphatic carbocycles. The van der Waals surface area contributed by atoms with E-state index >= 15 is 0 Å². The SMILES string of the molecule is CCOC(=O)N/N=C(\C)[C@H]1C[C@@H]2CC[C@@H]1C2. The Bertz CT molecular complexity index is 301. The number of amides is 1. The second-order valence-corrected chi connectivity index (χ2v) is 4.87. The highest BCUT2D eigenvalue weighted by Gasteiger charge is 2.40. The first-order valence-electron chi connectivity index (χ1n) is 6.17. The predicted molar refractivity (Wildman–Crippen MR) is 62.2 cm³/mol. The summed E-state index contributed by atoms with van der Waals surface area (Å²) in [5.41, 5.74) is 3.50. The summed E-state index contributed by atoms with van der Waals surface area (Å²) < 4.78 is 4.76. The third kappa shape index (κ3) is 2.36. The summed E-state index contributed by atoms with van der Waals surface area (Å²) in [6.07, 6.45) is 4.88. The molecule has 2 fully saturated rings. The molecule has 16 heavy (non-hydrogen) atoms. The molecular weight excluding hydrogens is 204 g/mol. The lowest BCUT2D eigenvalue weighted by atomic mass is 9.86. The van der Waals surface area contributed by atoms with Crippen LogP contribution in [0.5, 0.6) is 0 Å². The summed E-state index contributed by atoms with van der Waals surface area (Å²) in [5, 5.41) is 4.14. The number of hydrogen-bond donors (Lipinski definition) is 1. The van der Waals surface area contributed by atoms with Crippen LogP contribution in [0.3, 0.4) is 0 Å². The molecule has 0 saturated heterocycles. The molecule has 2 aliphatic rings. The van der Waals surface area contributed by atoms with Gasteiger partial charge in [0.1, 0.15) is 0 Å². The highest BCUT2D eigenvalue weighted by molar-refractivity contribution is 5.86. The van der Waals surface area contributed by atoms with E-state index in [1.807, 2.05) is 6.92 Å². The van der Waals surface area contributed by atoms with Crippen molar-refractivity contribution < 1.29 is 9.53 Å². The van der Waals surface area contributed by atoms with Crippen LogP contribution in [0.2, 0.25) is 0 Å². The molecule has 4 heteroatoms. The van der Waals surface area contributed by atoms with Gasteiger partial charge in [-0.1, -0.05) is 6.42 Å². The molecule has 0 aliphatic heterocycles. The van der Waals surface area contributed by atoms with Crippen molar-refractivity contribution in [1.29, 1.82) is 0 Å². The Balaban J connectivity index is 1.85. The average Bonchev–Trinajstić information content (AvgIpc) is 2.88. The number of nitrogens with one attached hydrogen (secondary N) is 1. The molecule has 0 unspecified atom stereocenters. The standard InChI is InChI=1S/C12H20N2O2/c1-3-16-12(15)14-13-8(2)11-7-9-4-5-10(11)6-9/h9-11H,3-7H2,1-2H3,(H,14,15)/b13-8+/t9-,10-,11-/m1/s1. The van der Waals surface area contributed by atoms with Gasteiger partial charge in [0.2, 0.25) is 0 Å². The van der Waals surface area contributed by atoms with Gasteiger partial charge >= 0.3 is 6.09 Å². The summed E-state index contributed by atoms with van der Waals surface area (Å²) in [4.78, 5) is 11.1. The second kappa shape index (κ2) is 4.85. The van der Waals surface area contributed by atoms with Crippen molar-refractivity contribution in [3.8, 4) is 0 Å². The van der Waals surface area contributed by atoms with Gasteiger partial charge in [0.05, 0.1) is 6.61 Å². The Morgan fingerprint density at radius 2 is 2.25 bits per heavy atom. The topological polar surface area (TPSA) is 50.7 Å². The lowest BCUT2D eigenvalue weighted by Gasteiger charge is -2.21. The monoisotopic (exact) mass is 224 g/mol. The van der Waals surface area contributed by atoms with E-state index in [9.17, 15) is 4.79 Å². The number of carbonyl (C=O) groups excluding carboxylic acids is 1. The Morgan fingerprint density at radius 1 is 1.44 bits per heavy atom. The fourth-order valence-electron chi connectivity index (χ4n) is 3.14. The van der Waals surface area contributed by atoms with E-state index < -0.39 is 6.09 Å². The van der Waals surface area contributed by atoms with Crippen molar-refractivity contribution in [2.45, 2.75) is 39.5 Å². The van der Waals surface area contributed by atoms with E-state index in [1.165, 1.54) is 25.7 Å². The van der Waals surface area contributed by atoms with E-state index in [0.29, 0.717) is 12.5 Å². The lowest BCUT2D eigenvalue weighted by molar-refractivity contribution is 0.152.